The van der Waals surface area contributed by atoms with Gasteiger partial charge in [-0.25, -0.2) is 0 Å². The number of ether oxygens (including phenoxy) is 2. The van der Waals surface area contributed by atoms with Gasteiger partial charge in [0, 0.05) is 23.2 Å². The van der Waals surface area contributed by atoms with Gasteiger partial charge in [-0.3, -0.25) is 0 Å². The van der Waals surface area contributed by atoms with Crippen molar-refractivity contribution in [1.82, 2.24) is 4.98 Å². The summed E-state index contributed by atoms with van der Waals surface area (Å²) in [5.74, 6) is 1.56. The summed E-state index contributed by atoms with van der Waals surface area (Å²) >= 11 is 0. The van der Waals surface area contributed by atoms with Crippen LogP contribution in [0.2, 0.25) is 0 Å². The van der Waals surface area contributed by atoms with Crippen LogP contribution >= 0.6 is 0 Å². The minimum Gasteiger partial charge on any atom is -0.497 e. The highest BCUT2D eigenvalue weighted by atomic mass is 16.5. The summed E-state index contributed by atoms with van der Waals surface area (Å²) < 4.78 is 10.6. The Labute approximate surface area is 101 Å². The van der Waals surface area contributed by atoms with Crippen molar-refractivity contribution in [2.75, 3.05) is 14.2 Å². The van der Waals surface area contributed by atoms with Gasteiger partial charge in [-0.1, -0.05) is 0 Å². The van der Waals surface area contributed by atoms with Gasteiger partial charge in [0.25, 0.3) is 0 Å². The fourth-order valence-corrected chi connectivity index (χ4v) is 2.12. The molecule has 1 aromatic heterocycles. The smallest absolute Gasteiger partial charge is 0.146 e. The molecule has 17 heavy (non-hydrogen) atoms. The molecule has 4 nitrogen and oxygen atoms in total. The van der Waals surface area contributed by atoms with Gasteiger partial charge in [0.1, 0.15) is 11.5 Å². The molecule has 0 aliphatic heterocycles. The van der Waals surface area contributed by atoms with Gasteiger partial charge >= 0.3 is 0 Å². The van der Waals surface area contributed by atoms with Crippen LogP contribution < -0.4 is 15.2 Å². The average Bonchev–Trinajstić information content (AvgIpc) is 2.66. The second-order valence-corrected chi connectivity index (χ2v) is 4.20. The van der Waals surface area contributed by atoms with Crippen LogP contribution in [0.5, 0.6) is 11.5 Å². The number of nitrogens with two attached hydrogens (primary N) is 1. The third kappa shape index (κ3) is 1.85. The number of nitrogens with one attached hydrogen (secondary N) is 1. The minimum atomic E-state index is -0.0295. The Bertz CT molecular complexity index is 544. The van der Waals surface area contributed by atoms with Crippen LogP contribution in [-0.4, -0.2) is 19.2 Å². The third-order valence-corrected chi connectivity index (χ3v) is 3.05. The maximum atomic E-state index is 5.94. The van der Waals surface area contributed by atoms with E-state index >= 15 is 0 Å². The summed E-state index contributed by atoms with van der Waals surface area (Å²) in [5, 5.41) is 1.09. The quantitative estimate of drug-likeness (QED) is 0.857. The number of hydrogen-bond donors (Lipinski definition) is 2. The fourth-order valence-electron chi connectivity index (χ4n) is 2.12. The van der Waals surface area contributed by atoms with E-state index in [9.17, 15) is 0 Å². The lowest BCUT2D eigenvalue weighted by Crippen LogP contribution is -2.06. The zero-order valence-corrected chi connectivity index (χ0v) is 10.6. The fraction of sp³-hybridized carbons (Fsp3) is 0.385. The first-order valence-corrected chi connectivity index (χ1v) is 5.58. The first kappa shape index (κ1) is 11.8. The van der Waals surface area contributed by atoms with Gasteiger partial charge < -0.3 is 20.2 Å². The van der Waals surface area contributed by atoms with E-state index in [-0.39, 0.29) is 6.04 Å². The SMILES string of the molecule is COc1cc(OC)c2[nH]c(C(C)N)c(C)c2c1. The molecule has 0 fully saturated rings. The lowest BCUT2D eigenvalue weighted by Gasteiger charge is -2.05. The number of rotatable bonds is 3. The Morgan fingerprint density at radius 1 is 1.24 bits per heavy atom. The third-order valence-electron chi connectivity index (χ3n) is 3.05. The number of hydrogen-bond acceptors (Lipinski definition) is 3. The van der Waals surface area contributed by atoms with E-state index in [2.05, 4.69) is 11.9 Å². The molecule has 0 spiro atoms. The standard InChI is InChI=1S/C13H18N2O2/c1-7-10-5-9(16-3)6-11(17-4)13(10)15-12(7)8(2)14/h5-6,8,15H,14H2,1-4H3. The van der Waals surface area contributed by atoms with Crippen molar-refractivity contribution in [3.63, 3.8) is 0 Å². The molecule has 0 saturated heterocycles. The summed E-state index contributed by atoms with van der Waals surface area (Å²) in [6.45, 7) is 4.01. The van der Waals surface area contributed by atoms with Crippen molar-refractivity contribution in [2.45, 2.75) is 19.9 Å². The van der Waals surface area contributed by atoms with E-state index in [1.165, 1.54) is 0 Å². The molecule has 0 saturated carbocycles. The lowest BCUT2D eigenvalue weighted by atomic mass is 10.1. The molecule has 1 aromatic carbocycles. The molecular weight excluding hydrogens is 216 g/mol. The van der Waals surface area contributed by atoms with Crippen LogP contribution in [0, 0.1) is 6.92 Å². The van der Waals surface area contributed by atoms with E-state index in [0.717, 1.165) is 33.7 Å². The maximum Gasteiger partial charge on any atom is 0.146 e. The molecule has 4 heteroatoms. The molecular formula is C13H18N2O2. The van der Waals surface area contributed by atoms with Gasteiger partial charge in [0.05, 0.1) is 19.7 Å². The number of fused-ring (bicyclic) bond motifs is 1. The van der Waals surface area contributed by atoms with Crippen molar-refractivity contribution in [2.24, 2.45) is 5.73 Å². The Morgan fingerprint density at radius 2 is 1.94 bits per heavy atom. The van der Waals surface area contributed by atoms with Crippen molar-refractivity contribution in [3.8, 4) is 11.5 Å². The summed E-state index contributed by atoms with van der Waals surface area (Å²) in [7, 11) is 3.30. The van der Waals surface area contributed by atoms with Crippen molar-refractivity contribution >= 4 is 10.9 Å². The van der Waals surface area contributed by atoms with Crippen molar-refractivity contribution in [1.29, 1.82) is 0 Å². The van der Waals surface area contributed by atoms with Gasteiger partial charge in [-0.2, -0.15) is 0 Å². The monoisotopic (exact) mass is 234 g/mol. The number of H-pyrrole nitrogens is 1. The molecule has 1 heterocycles. The van der Waals surface area contributed by atoms with Gasteiger partial charge in [0.15, 0.2) is 0 Å². The largest absolute Gasteiger partial charge is 0.497 e. The van der Waals surface area contributed by atoms with E-state index in [4.69, 9.17) is 15.2 Å². The molecule has 0 aliphatic carbocycles. The highest BCUT2D eigenvalue weighted by Gasteiger charge is 2.15. The van der Waals surface area contributed by atoms with Gasteiger partial charge in [-0.15, -0.1) is 0 Å². The summed E-state index contributed by atoms with van der Waals surface area (Å²) in [6.07, 6.45) is 0. The van der Waals surface area contributed by atoms with Crippen LogP contribution in [0.25, 0.3) is 10.9 Å². The molecule has 1 atom stereocenters. The van der Waals surface area contributed by atoms with Crippen LogP contribution in [-0.2, 0) is 0 Å². The summed E-state index contributed by atoms with van der Waals surface area (Å²) in [5.41, 5.74) is 9.09. The molecule has 0 aliphatic rings. The van der Waals surface area contributed by atoms with Crippen LogP contribution in [0.4, 0.5) is 0 Å². The zero-order valence-electron chi connectivity index (χ0n) is 10.6. The van der Waals surface area contributed by atoms with E-state index < -0.39 is 0 Å². The molecule has 2 aromatic rings. The number of aromatic nitrogens is 1. The predicted octanol–water partition coefficient (Wildman–Crippen LogP) is 2.51. The summed E-state index contributed by atoms with van der Waals surface area (Å²) in [4.78, 5) is 3.33. The molecule has 0 radical (unpaired) electrons. The van der Waals surface area contributed by atoms with Crippen molar-refractivity contribution < 1.29 is 9.47 Å². The van der Waals surface area contributed by atoms with Crippen molar-refractivity contribution in [3.05, 3.63) is 23.4 Å². The Morgan fingerprint density at radius 3 is 2.47 bits per heavy atom. The number of benzene rings is 1. The Hall–Kier alpha value is -1.68. The zero-order chi connectivity index (χ0) is 12.6. The molecule has 2 rings (SSSR count). The summed E-state index contributed by atoms with van der Waals surface area (Å²) in [6, 6.07) is 3.83. The minimum absolute atomic E-state index is 0.0295. The molecule has 0 amide bonds. The van der Waals surface area contributed by atoms with Crippen LogP contribution in [0.1, 0.15) is 24.2 Å². The van der Waals surface area contributed by atoms with E-state index in [1.807, 2.05) is 19.1 Å². The molecule has 1 unspecified atom stereocenters. The Balaban J connectivity index is 2.76. The van der Waals surface area contributed by atoms with Gasteiger partial charge in [0.2, 0.25) is 0 Å². The van der Waals surface area contributed by atoms with E-state index in [0.29, 0.717) is 0 Å². The van der Waals surface area contributed by atoms with Crippen LogP contribution in [0.3, 0.4) is 0 Å². The highest BCUT2D eigenvalue weighted by Crippen LogP contribution is 2.35. The second kappa shape index (κ2) is 4.30. The second-order valence-electron chi connectivity index (χ2n) is 4.20. The number of aryl methyl sites for hydroxylation is 1. The molecule has 92 valence electrons. The first-order chi connectivity index (χ1) is 8.08. The van der Waals surface area contributed by atoms with Gasteiger partial charge in [-0.05, 0) is 25.5 Å². The normalized spacial score (nSPS) is 12.8. The molecule has 3 N–H and O–H groups in total. The average molecular weight is 234 g/mol. The van der Waals surface area contributed by atoms with Crippen LogP contribution in [0.15, 0.2) is 12.1 Å². The van der Waals surface area contributed by atoms with E-state index in [1.54, 1.807) is 14.2 Å². The number of methoxy groups -OCH3 is 2. The predicted molar refractivity (Wildman–Crippen MR) is 68.7 cm³/mol. The maximum absolute atomic E-state index is 5.94. The number of aromatic amines is 1. The molecule has 0 bridgehead atoms. The Kier molecular flexibility index (Phi) is 2.98. The topological polar surface area (TPSA) is 60.3 Å². The first-order valence-electron chi connectivity index (χ1n) is 5.58. The lowest BCUT2D eigenvalue weighted by molar-refractivity contribution is 0.397. The highest BCUT2D eigenvalue weighted by molar-refractivity contribution is 5.91.